The van der Waals surface area contributed by atoms with Crippen LogP contribution in [0.15, 0.2) is 30.3 Å². The minimum atomic E-state index is 0.700. The zero-order valence-corrected chi connectivity index (χ0v) is 8.25. The van der Waals surface area contributed by atoms with Crippen LogP contribution in [0.4, 0.5) is 0 Å². The first kappa shape index (κ1) is 9.31. The van der Waals surface area contributed by atoms with Gasteiger partial charge >= 0.3 is 0 Å². The zero-order chi connectivity index (χ0) is 8.97. The van der Waals surface area contributed by atoms with E-state index in [4.69, 9.17) is 0 Å². The monoisotopic (exact) mass is 162 g/mol. The van der Waals surface area contributed by atoms with Gasteiger partial charge < -0.3 is 0 Å². The fourth-order valence-electron chi connectivity index (χ4n) is 1.62. The Labute approximate surface area is 75.6 Å². The SMILES string of the molecule is CC(C)CC(C)c1ccccc1. The van der Waals surface area contributed by atoms with Crippen LogP contribution in [-0.2, 0) is 0 Å². The van der Waals surface area contributed by atoms with Gasteiger partial charge in [0.05, 0.1) is 0 Å². The van der Waals surface area contributed by atoms with Crippen LogP contribution in [0.25, 0.3) is 0 Å². The molecule has 1 rings (SSSR count). The number of rotatable bonds is 3. The summed E-state index contributed by atoms with van der Waals surface area (Å²) >= 11 is 0. The van der Waals surface area contributed by atoms with Gasteiger partial charge in [-0.2, -0.15) is 0 Å². The normalized spacial score (nSPS) is 13.3. The Balaban J connectivity index is 2.59. The Morgan fingerprint density at radius 3 is 2.08 bits per heavy atom. The van der Waals surface area contributed by atoms with Crippen LogP contribution in [0.5, 0.6) is 0 Å². The van der Waals surface area contributed by atoms with Crippen molar-refractivity contribution in [3.8, 4) is 0 Å². The lowest BCUT2D eigenvalue weighted by molar-refractivity contribution is 0.524. The van der Waals surface area contributed by atoms with Crippen LogP contribution in [0.3, 0.4) is 0 Å². The Bertz CT molecular complexity index is 211. The zero-order valence-electron chi connectivity index (χ0n) is 8.25. The molecule has 0 saturated heterocycles. The summed E-state index contributed by atoms with van der Waals surface area (Å²) in [5.41, 5.74) is 1.46. The minimum absolute atomic E-state index is 0.700. The molecule has 0 radical (unpaired) electrons. The van der Waals surface area contributed by atoms with E-state index in [0.29, 0.717) is 5.92 Å². The van der Waals surface area contributed by atoms with Crippen molar-refractivity contribution in [3.63, 3.8) is 0 Å². The summed E-state index contributed by atoms with van der Waals surface area (Å²) in [5, 5.41) is 0. The van der Waals surface area contributed by atoms with Crippen LogP contribution < -0.4 is 0 Å². The van der Waals surface area contributed by atoms with Gasteiger partial charge in [0.1, 0.15) is 0 Å². The third-order valence-electron chi connectivity index (χ3n) is 2.19. The lowest BCUT2D eigenvalue weighted by atomic mass is 9.92. The quantitative estimate of drug-likeness (QED) is 0.633. The van der Waals surface area contributed by atoms with E-state index in [1.54, 1.807) is 0 Å². The first-order valence-corrected chi connectivity index (χ1v) is 4.75. The van der Waals surface area contributed by atoms with Crippen molar-refractivity contribution in [2.24, 2.45) is 5.92 Å². The van der Waals surface area contributed by atoms with Crippen molar-refractivity contribution in [2.45, 2.75) is 33.1 Å². The molecule has 0 aliphatic heterocycles. The molecule has 1 unspecified atom stereocenters. The van der Waals surface area contributed by atoms with E-state index in [9.17, 15) is 0 Å². The fraction of sp³-hybridized carbons (Fsp3) is 0.500. The second-order valence-corrected chi connectivity index (χ2v) is 3.94. The molecular formula is C12H18. The highest BCUT2D eigenvalue weighted by atomic mass is 14.1. The van der Waals surface area contributed by atoms with Gasteiger partial charge in [0.15, 0.2) is 0 Å². The summed E-state index contributed by atoms with van der Waals surface area (Å²) in [6.45, 7) is 6.86. The number of benzene rings is 1. The summed E-state index contributed by atoms with van der Waals surface area (Å²) in [7, 11) is 0. The Hall–Kier alpha value is -0.780. The molecule has 1 aromatic carbocycles. The molecule has 0 saturated carbocycles. The third-order valence-corrected chi connectivity index (χ3v) is 2.19. The summed E-state index contributed by atoms with van der Waals surface area (Å²) in [5.74, 6) is 1.49. The van der Waals surface area contributed by atoms with E-state index in [-0.39, 0.29) is 0 Å². The molecule has 12 heavy (non-hydrogen) atoms. The average molecular weight is 162 g/mol. The lowest BCUT2D eigenvalue weighted by Crippen LogP contribution is -1.97. The number of hydrogen-bond donors (Lipinski definition) is 0. The highest BCUT2D eigenvalue weighted by Gasteiger charge is 2.06. The highest BCUT2D eigenvalue weighted by molar-refractivity contribution is 5.18. The molecule has 0 spiro atoms. The maximum Gasteiger partial charge on any atom is -0.0188 e. The van der Waals surface area contributed by atoms with E-state index >= 15 is 0 Å². The molecule has 0 amide bonds. The third kappa shape index (κ3) is 2.69. The Kier molecular flexibility index (Phi) is 3.33. The topological polar surface area (TPSA) is 0 Å². The van der Waals surface area contributed by atoms with Gasteiger partial charge in [0.25, 0.3) is 0 Å². The molecule has 0 heterocycles. The molecule has 0 nitrogen and oxygen atoms in total. The first-order valence-electron chi connectivity index (χ1n) is 4.75. The summed E-state index contributed by atoms with van der Waals surface area (Å²) in [6, 6.07) is 10.7. The van der Waals surface area contributed by atoms with Crippen molar-refractivity contribution in [2.75, 3.05) is 0 Å². The predicted molar refractivity (Wildman–Crippen MR) is 54.3 cm³/mol. The Morgan fingerprint density at radius 1 is 1.00 bits per heavy atom. The molecule has 66 valence electrons. The van der Waals surface area contributed by atoms with E-state index in [2.05, 4.69) is 51.1 Å². The van der Waals surface area contributed by atoms with Gasteiger partial charge in [-0.25, -0.2) is 0 Å². The smallest absolute Gasteiger partial charge is 0.0188 e. The van der Waals surface area contributed by atoms with Gasteiger partial charge in [-0.15, -0.1) is 0 Å². The van der Waals surface area contributed by atoms with Gasteiger partial charge in [0.2, 0.25) is 0 Å². The van der Waals surface area contributed by atoms with E-state index in [0.717, 1.165) is 5.92 Å². The maximum absolute atomic E-state index is 2.30. The molecule has 1 atom stereocenters. The second-order valence-electron chi connectivity index (χ2n) is 3.94. The molecule has 0 bridgehead atoms. The molecule has 0 aromatic heterocycles. The Morgan fingerprint density at radius 2 is 1.58 bits per heavy atom. The average Bonchev–Trinajstić information content (AvgIpc) is 2.05. The van der Waals surface area contributed by atoms with E-state index in [1.807, 2.05) is 0 Å². The minimum Gasteiger partial charge on any atom is -0.0628 e. The van der Waals surface area contributed by atoms with E-state index < -0.39 is 0 Å². The summed E-state index contributed by atoms with van der Waals surface area (Å²) in [4.78, 5) is 0. The van der Waals surface area contributed by atoms with Crippen molar-refractivity contribution in [1.29, 1.82) is 0 Å². The first-order chi connectivity index (χ1) is 5.70. The van der Waals surface area contributed by atoms with Gasteiger partial charge in [-0.3, -0.25) is 0 Å². The molecule has 0 N–H and O–H groups in total. The van der Waals surface area contributed by atoms with Crippen LogP contribution >= 0.6 is 0 Å². The molecule has 0 heteroatoms. The van der Waals surface area contributed by atoms with Gasteiger partial charge in [-0.1, -0.05) is 51.1 Å². The second kappa shape index (κ2) is 4.30. The van der Waals surface area contributed by atoms with Crippen molar-refractivity contribution >= 4 is 0 Å². The molecule has 0 aliphatic carbocycles. The highest BCUT2D eigenvalue weighted by Crippen LogP contribution is 2.22. The maximum atomic E-state index is 2.30. The summed E-state index contributed by atoms with van der Waals surface area (Å²) in [6.07, 6.45) is 1.28. The summed E-state index contributed by atoms with van der Waals surface area (Å²) < 4.78 is 0. The van der Waals surface area contributed by atoms with Gasteiger partial charge in [-0.05, 0) is 23.8 Å². The molecule has 0 aliphatic rings. The van der Waals surface area contributed by atoms with Crippen molar-refractivity contribution < 1.29 is 0 Å². The predicted octanol–water partition coefficient (Wildman–Crippen LogP) is 3.84. The number of hydrogen-bond acceptors (Lipinski definition) is 0. The van der Waals surface area contributed by atoms with Crippen molar-refractivity contribution in [3.05, 3.63) is 35.9 Å². The molecule has 1 aromatic rings. The van der Waals surface area contributed by atoms with Crippen molar-refractivity contribution in [1.82, 2.24) is 0 Å². The van der Waals surface area contributed by atoms with E-state index in [1.165, 1.54) is 12.0 Å². The molecule has 0 fully saturated rings. The van der Waals surface area contributed by atoms with Crippen LogP contribution in [0.2, 0.25) is 0 Å². The lowest BCUT2D eigenvalue weighted by Gasteiger charge is -2.13. The van der Waals surface area contributed by atoms with Crippen LogP contribution in [-0.4, -0.2) is 0 Å². The molecular weight excluding hydrogens is 144 g/mol. The fourth-order valence-corrected chi connectivity index (χ4v) is 1.62. The largest absolute Gasteiger partial charge is 0.0628 e. The standard InChI is InChI=1S/C12H18/c1-10(2)9-11(3)12-7-5-4-6-8-12/h4-8,10-11H,9H2,1-3H3. The van der Waals surface area contributed by atoms with Gasteiger partial charge in [0, 0.05) is 0 Å². The van der Waals surface area contributed by atoms with Crippen LogP contribution in [0, 0.1) is 5.92 Å². The van der Waals surface area contributed by atoms with Crippen LogP contribution in [0.1, 0.15) is 38.7 Å².